The summed E-state index contributed by atoms with van der Waals surface area (Å²) in [5, 5.41) is 5.93. The maximum Gasteiger partial charge on any atom is 0.265 e. The van der Waals surface area contributed by atoms with E-state index in [-0.39, 0.29) is 16.5 Å². The monoisotopic (exact) mass is 350 g/mol. The summed E-state index contributed by atoms with van der Waals surface area (Å²) in [6.07, 6.45) is -0.548. The van der Waals surface area contributed by atoms with Crippen LogP contribution in [0, 0.1) is 0 Å². The molecule has 2 amide bonds. The van der Waals surface area contributed by atoms with Gasteiger partial charge in [-0.15, -0.1) is 0 Å². The number of fused-ring (bicyclic) bond motifs is 1. The van der Waals surface area contributed by atoms with E-state index < -0.39 is 12.0 Å². The molecule has 0 aliphatic carbocycles. The molecule has 1 aliphatic heterocycles. The minimum Gasteiger partial charge on any atom is -0.479 e. The fourth-order valence-electron chi connectivity index (χ4n) is 2.16. The van der Waals surface area contributed by atoms with Gasteiger partial charge in [-0.05, 0) is 37.3 Å². The molecule has 2 N–H and O–H groups in total. The Balaban J connectivity index is 1.84. The highest BCUT2D eigenvalue weighted by Crippen LogP contribution is 2.33. The number of benzene rings is 2. The predicted molar refractivity (Wildman–Crippen MR) is 89.6 cm³/mol. The summed E-state index contributed by atoms with van der Waals surface area (Å²) in [6.45, 7) is 1.66. The second-order valence-electron chi connectivity index (χ2n) is 5.02. The van der Waals surface area contributed by atoms with Crippen molar-refractivity contribution in [2.45, 2.75) is 13.0 Å². The highest BCUT2D eigenvalue weighted by atomic mass is 35.5. The fraction of sp³-hybridized carbons (Fsp3) is 0.125. The molecule has 2 aromatic carbocycles. The normalized spacial score (nSPS) is 16.1. The van der Waals surface area contributed by atoms with Crippen LogP contribution in [0.5, 0.6) is 5.75 Å². The number of nitrogens with one attached hydrogen (secondary N) is 2. The van der Waals surface area contributed by atoms with Crippen LogP contribution in [0.3, 0.4) is 0 Å². The first-order valence-electron chi connectivity index (χ1n) is 6.82. The second-order valence-corrected chi connectivity index (χ2v) is 5.80. The summed E-state index contributed by atoms with van der Waals surface area (Å²) in [6, 6.07) is 9.81. The molecule has 7 heteroatoms. The molecule has 0 aromatic heterocycles. The van der Waals surface area contributed by atoms with Crippen LogP contribution in [-0.2, 0) is 4.79 Å². The van der Waals surface area contributed by atoms with Gasteiger partial charge in [0, 0.05) is 5.69 Å². The van der Waals surface area contributed by atoms with Gasteiger partial charge in [0.05, 0.1) is 21.3 Å². The third-order valence-electron chi connectivity index (χ3n) is 3.36. The van der Waals surface area contributed by atoms with Gasteiger partial charge in [-0.25, -0.2) is 0 Å². The highest BCUT2D eigenvalue weighted by molar-refractivity contribution is 6.44. The minimum absolute atomic E-state index is 0.190. The molecule has 3 rings (SSSR count). The van der Waals surface area contributed by atoms with Crippen molar-refractivity contribution in [3.8, 4) is 5.75 Å². The van der Waals surface area contributed by atoms with Crippen molar-refractivity contribution in [1.82, 2.24) is 0 Å². The molecule has 118 valence electrons. The van der Waals surface area contributed by atoms with Gasteiger partial charge in [-0.1, -0.05) is 29.3 Å². The maximum absolute atomic E-state index is 12.3. The Morgan fingerprint density at radius 3 is 2.83 bits per heavy atom. The molecule has 5 nitrogen and oxygen atoms in total. The van der Waals surface area contributed by atoms with E-state index >= 15 is 0 Å². The van der Waals surface area contributed by atoms with E-state index in [0.29, 0.717) is 22.1 Å². The van der Waals surface area contributed by atoms with Crippen molar-refractivity contribution in [1.29, 1.82) is 0 Å². The molecule has 0 spiro atoms. The lowest BCUT2D eigenvalue weighted by Crippen LogP contribution is -2.34. The van der Waals surface area contributed by atoms with Gasteiger partial charge in [-0.3, -0.25) is 9.59 Å². The van der Waals surface area contributed by atoms with Crippen molar-refractivity contribution in [2.24, 2.45) is 0 Å². The molecule has 1 aliphatic rings. The van der Waals surface area contributed by atoms with Crippen LogP contribution < -0.4 is 15.4 Å². The Bertz CT molecular complexity index is 808. The Morgan fingerprint density at radius 1 is 1.26 bits per heavy atom. The predicted octanol–water partition coefficient (Wildman–Crippen LogP) is 3.97. The van der Waals surface area contributed by atoms with Crippen LogP contribution in [-0.4, -0.2) is 17.9 Å². The number of carbonyl (C=O) groups excluding carboxylic acids is 2. The third kappa shape index (κ3) is 3.11. The van der Waals surface area contributed by atoms with Crippen LogP contribution >= 0.6 is 23.2 Å². The van der Waals surface area contributed by atoms with Gasteiger partial charge < -0.3 is 15.4 Å². The zero-order chi connectivity index (χ0) is 16.6. The number of rotatable bonds is 2. The molecule has 0 saturated carbocycles. The van der Waals surface area contributed by atoms with Crippen LogP contribution in [0.4, 0.5) is 11.4 Å². The molecule has 0 fully saturated rings. The first kappa shape index (κ1) is 15.6. The lowest BCUT2D eigenvalue weighted by Gasteiger charge is -2.23. The summed E-state index contributed by atoms with van der Waals surface area (Å²) >= 11 is 11.9. The molecule has 0 unspecified atom stereocenters. The van der Waals surface area contributed by atoms with Crippen LogP contribution in [0.15, 0.2) is 36.4 Å². The quantitative estimate of drug-likeness (QED) is 0.861. The summed E-state index contributed by atoms with van der Waals surface area (Å²) in [5.41, 5.74) is 1.28. The van der Waals surface area contributed by atoms with Gasteiger partial charge in [0.25, 0.3) is 11.8 Å². The van der Waals surface area contributed by atoms with Crippen molar-refractivity contribution >= 4 is 46.4 Å². The van der Waals surface area contributed by atoms with E-state index in [1.807, 2.05) is 0 Å². The van der Waals surface area contributed by atoms with Crippen molar-refractivity contribution in [2.75, 3.05) is 10.6 Å². The largest absolute Gasteiger partial charge is 0.479 e. The number of ether oxygens (including phenoxy) is 1. The molecule has 0 bridgehead atoms. The Morgan fingerprint density at radius 2 is 2.04 bits per heavy atom. The Kier molecular flexibility index (Phi) is 4.15. The number of amides is 2. The van der Waals surface area contributed by atoms with E-state index in [1.54, 1.807) is 43.3 Å². The molecular weight excluding hydrogens is 339 g/mol. The molecule has 1 atom stereocenters. The smallest absolute Gasteiger partial charge is 0.265 e. The van der Waals surface area contributed by atoms with Gasteiger partial charge in [0.1, 0.15) is 5.75 Å². The number of halogens is 2. The van der Waals surface area contributed by atoms with Crippen LogP contribution in [0.2, 0.25) is 10.0 Å². The van der Waals surface area contributed by atoms with Crippen molar-refractivity contribution < 1.29 is 14.3 Å². The van der Waals surface area contributed by atoms with Gasteiger partial charge in [-0.2, -0.15) is 0 Å². The van der Waals surface area contributed by atoms with Crippen LogP contribution in [0.25, 0.3) is 0 Å². The zero-order valence-electron chi connectivity index (χ0n) is 12.0. The molecule has 0 radical (unpaired) electrons. The summed E-state index contributed by atoms with van der Waals surface area (Å²) < 4.78 is 5.46. The topological polar surface area (TPSA) is 67.4 Å². The number of anilines is 2. The zero-order valence-corrected chi connectivity index (χ0v) is 13.5. The van der Waals surface area contributed by atoms with Gasteiger partial charge in [0.2, 0.25) is 0 Å². The second kappa shape index (κ2) is 6.10. The first-order chi connectivity index (χ1) is 11.0. The third-order valence-corrected chi connectivity index (χ3v) is 4.18. The molecule has 1 heterocycles. The molecular formula is C16H12Cl2N2O3. The number of carbonyl (C=O) groups is 2. The number of hydrogen-bond donors (Lipinski definition) is 2. The van der Waals surface area contributed by atoms with Gasteiger partial charge in [0.15, 0.2) is 6.10 Å². The minimum atomic E-state index is -0.548. The van der Waals surface area contributed by atoms with E-state index in [4.69, 9.17) is 27.9 Å². The highest BCUT2D eigenvalue weighted by Gasteiger charge is 2.23. The average Bonchev–Trinajstić information content (AvgIpc) is 2.51. The lowest BCUT2D eigenvalue weighted by atomic mass is 10.2. The van der Waals surface area contributed by atoms with E-state index in [1.165, 1.54) is 0 Å². The molecule has 2 aromatic rings. The number of hydrogen-bond acceptors (Lipinski definition) is 3. The SMILES string of the molecule is C[C@@H]1Oc2ccc(NC(=O)c3cccc(Cl)c3Cl)cc2NC1=O. The maximum atomic E-state index is 12.3. The lowest BCUT2D eigenvalue weighted by molar-refractivity contribution is -0.122. The molecule has 0 saturated heterocycles. The molecule has 23 heavy (non-hydrogen) atoms. The Hall–Kier alpha value is -2.24. The van der Waals surface area contributed by atoms with Gasteiger partial charge >= 0.3 is 0 Å². The Labute approximate surface area is 142 Å². The van der Waals surface area contributed by atoms with E-state index in [0.717, 1.165) is 0 Å². The van der Waals surface area contributed by atoms with E-state index in [2.05, 4.69) is 10.6 Å². The van der Waals surface area contributed by atoms with Crippen LogP contribution in [0.1, 0.15) is 17.3 Å². The summed E-state index contributed by atoms with van der Waals surface area (Å²) in [5.74, 6) is -0.0800. The standard InChI is InChI=1S/C16H12Cl2N2O3/c1-8-15(21)20-12-7-9(5-6-13(12)23-8)19-16(22)10-3-2-4-11(17)14(10)18/h2-8H,1H3,(H,19,22)(H,20,21)/t8-/m0/s1. The van der Waals surface area contributed by atoms with Crippen molar-refractivity contribution in [3.63, 3.8) is 0 Å². The first-order valence-corrected chi connectivity index (χ1v) is 7.58. The summed E-state index contributed by atoms with van der Waals surface area (Å²) in [7, 11) is 0. The average molecular weight is 351 g/mol. The summed E-state index contributed by atoms with van der Waals surface area (Å²) in [4.78, 5) is 23.9. The van der Waals surface area contributed by atoms with Crippen molar-refractivity contribution in [3.05, 3.63) is 52.0 Å². The fourth-order valence-corrected chi connectivity index (χ4v) is 2.55. The van der Waals surface area contributed by atoms with E-state index in [9.17, 15) is 9.59 Å².